The Morgan fingerprint density at radius 1 is 1.14 bits per heavy atom. The maximum atomic E-state index is 12.3. The highest BCUT2D eigenvalue weighted by Gasteiger charge is 2.29. The van der Waals surface area contributed by atoms with E-state index in [0.717, 1.165) is 16.5 Å². The third-order valence-corrected chi connectivity index (χ3v) is 3.81. The number of fused-ring (bicyclic) bond motifs is 3. The van der Waals surface area contributed by atoms with E-state index < -0.39 is 6.23 Å². The Hall–Kier alpha value is -2.95. The summed E-state index contributed by atoms with van der Waals surface area (Å²) < 4.78 is 11.5. The molecule has 2 heterocycles. The maximum absolute atomic E-state index is 12.3. The van der Waals surface area contributed by atoms with Crippen LogP contribution in [0.2, 0.25) is 0 Å². The third-order valence-electron chi connectivity index (χ3n) is 3.81. The molecular weight excluding hydrogens is 282 g/mol. The lowest BCUT2D eigenvalue weighted by molar-refractivity contribution is 0.0761. The van der Waals surface area contributed by atoms with Gasteiger partial charge in [0.15, 0.2) is 6.23 Å². The second-order valence-corrected chi connectivity index (χ2v) is 5.30. The van der Waals surface area contributed by atoms with Gasteiger partial charge in [-0.05, 0) is 48.9 Å². The van der Waals surface area contributed by atoms with E-state index in [1.165, 1.54) is 0 Å². The average Bonchev–Trinajstić information content (AvgIpc) is 2.90. The molecule has 0 aliphatic carbocycles. The normalized spacial score (nSPS) is 17.0. The number of aryl methyl sites for hydroxylation is 1. The predicted octanol–water partition coefficient (Wildman–Crippen LogP) is 3.27. The monoisotopic (exact) mass is 295 g/mol. The first kappa shape index (κ1) is 12.8. The van der Waals surface area contributed by atoms with Gasteiger partial charge in [-0.1, -0.05) is 0 Å². The molecular formula is C17H13NO4. The zero-order valence-electron chi connectivity index (χ0n) is 11.8. The summed E-state index contributed by atoms with van der Waals surface area (Å²) >= 11 is 0. The van der Waals surface area contributed by atoms with E-state index in [2.05, 4.69) is 5.32 Å². The highest BCUT2D eigenvalue weighted by atomic mass is 16.5. The quantitative estimate of drug-likeness (QED) is 0.722. The molecule has 2 aromatic carbocycles. The molecule has 22 heavy (non-hydrogen) atoms. The molecule has 0 bridgehead atoms. The zero-order valence-corrected chi connectivity index (χ0v) is 11.8. The minimum Gasteiger partial charge on any atom is -0.508 e. The van der Waals surface area contributed by atoms with Crippen molar-refractivity contribution < 1.29 is 19.1 Å². The van der Waals surface area contributed by atoms with Crippen molar-refractivity contribution in [3.8, 4) is 11.5 Å². The summed E-state index contributed by atoms with van der Waals surface area (Å²) in [6, 6.07) is 10.0. The molecule has 3 aromatic rings. The van der Waals surface area contributed by atoms with Crippen molar-refractivity contribution in [1.29, 1.82) is 0 Å². The van der Waals surface area contributed by atoms with Gasteiger partial charge in [-0.3, -0.25) is 4.79 Å². The number of hydrogen-bond acceptors (Lipinski definition) is 4. The van der Waals surface area contributed by atoms with Gasteiger partial charge in [0.2, 0.25) is 0 Å². The van der Waals surface area contributed by atoms with Crippen LogP contribution in [0.1, 0.15) is 27.7 Å². The number of phenolic OH excluding ortho intramolecular Hbond substituents is 1. The molecule has 0 fully saturated rings. The third kappa shape index (κ3) is 1.83. The Kier molecular flexibility index (Phi) is 2.63. The maximum Gasteiger partial charge on any atom is 0.258 e. The standard InChI is InChI=1S/C17H13NO4/c1-9-8-21-13-7-6-12-15(14(9)13)22-17(18-16(12)20)10-2-4-11(19)5-3-10/h2-8,17,19H,1H3,(H,18,20). The SMILES string of the molecule is Cc1coc2ccc3c(c12)OC(c1ccc(O)cc1)NC3=O. The second-order valence-electron chi connectivity index (χ2n) is 5.30. The van der Waals surface area contributed by atoms with E-state index >= 15 is 0 Å². The summed E-state index contributed by atoms with van der Waals surface area (Å²) in [6.07, 6.45) is 1.05. The summed E-state index contributed by atoms with van der Waals surface area (Å²) in [5.74, 6) is 0.506. The first-order valence-corrected chi connectivity index (χ1v) is 6.91. The molecule has 0 radical (unpaired) electrons. The van der Waals surface area contributed by atoms with Gasteiger partial charge in [-0.25, -0.2) is 0 Å². The lowest BCUT2D eigenvalue weighted by Gasteiger charge is -2.27. The Bertz CT molecular complexity index is 880. The highest BCUT2D eigenvalue weighted by molar-refractivity contribution is 6.04. The van der Waals surface area contributed by atoms with Crippen molar-refractivity contribution in [2.45, 2.75) is 13.2 Å². The van der Waals surface area contributed by atoms with E-state index in [1.807, 2.05) is 6.92 Å². The van der Waals surface area contributed by atoms with E-state index in [9.17, 15) is 9.90 Å². The summed E-state index contributed by atoms with van der Waals surface area (Å²) in [7, 11) is 0. The van der Waals surface area contributed by atoms with Crippen LogP contribution in [0.4, 0.5) is 0 Å². The molecule has 2 N–H and O–H groups in total. The van der Waals surface area contributed by atoms with Crippen LogP contribution in [-0.4, -0.2) is 11.0 Å². The molecule has 1 aliphatic heterocycles. The Balaban J connectivity index is 1.84. The fraction of sp³-hybridized carbons (Fsp3) is 0.118. The number of nitrogens with one attached hydrogen (secondary N) is 1. The fourth-order valence-electron chi connectivity index (χ4n) is 2.69. The van der Waals surface area contributed by atoms with Crippen LogP contribution < -0.4 is 10.1 Å². The number of phenols is 1. The Morgan fingerprint density at radius 2 is 1.91 bits per heavy atom. The van der Waals surface area contributed by atoms with Crippen LogP contribution in [-0.2, 0) is 0 Å². The van der Waals surface area contributed by atoms with Gasteiger partial charge in [0.05, 0.1) is 17.2 Å². The minimum absolute atomic E-state index is 0.166. The molecule has 5 heteroatoms. The predicted molar refractivity (Wildman–Crippen MR) is 79.9 cm³/mol. The molecule has 0 saturated carbocycles. The number of carbonyl (C=O) groups excluding carboxylic acids is 1. The number of rotatable bonds is 1. The number of amides is 1. The molecule has 1 aromatic heterocycles. The van der Waals surface area contributed by atoms with Crippen LogP contribution >= 0.6 is 0 Å². The van der Waals surface area contributed by atoms with Gasteiger partial charge < -0.3 is 19.6 Å². The molecule has 1 unspecified atom stereocenters. The van der Waals surface area contributed by atoms with Crippen molar-refractivity contribution in [2.75, 3.05) is 0 Å². The van der Waals surface area contributed by atoms with E-state index in [-0.39, 0.29) is 11.7 Å². The molecule has 5 nitrogen and oxygen atoms in total. The molecule has 110 valence electrons. The number of hydrogen-bond donors (Lipinski definition) is 2. The van der Waals surface area contributed by atoms with Crippen LogP contribution in [0.5, 0.6) is 11.5 Å². The summed E-state index contributed by atoms with van der Waals surface area (Å²) in [6.45, 7) is 1.91. The number of aromatic hydroxyl groups is 1. The van der Waals surface area contributed by atoms with Gasteiger partial charge in [-0.2, -0.15) is 0 Å². The number of carbonyl (C=O) groups is 1. The molecule has 4 rings (SSSR count). The first-order chi connectivity index (χ1) is 10.6. The van der Waals surface area contributed by atoms with Crippen LogP contribution in [0.25, 0.3) is 11.0 Å². The van der Waals surface area contributed by atoms with Crippen LogP contribution in [0, 0.1) is 6.92 Å². The highest BCUT2D eigenvalue weighted by Crippen LogP contribution is 2.38. The van der Waals surface area contributed by atoms with E-state index in [1.54, 1.807) is 42.7 Å². The van der Waals surface area contributed by atoms with Gasteiger partial charge >= 0.3 is 0 Å². The van der Waals surface area contributed by atoms with Crippen LogP contribution in [0.3, 0.4) is 0 Å². The number of ether oxygens (including phenoxy) is 1. The molecule has 1 aliphatic rings. The summed E-state index contributed by atoms with van der Waals surface area (Å²) in [5, 5.41) is 13.0. The second kappa shape index (κ2) is 4.53. The van der Waals surface area contributed by atoms with Crippen molar-refractivity contribution in [3.05, 3.63) is 59.4 Å². The van der Waals surface area contributed by atoms with Crippen molar-refractivity contribution in [3.63, 3.8) is 0 Å². The largest absolute Gasteiger partial charge is 0.508 e. The fourth-order valence-corrected chi connectivity index (χ4v) is 2.69. The van der Waals surface area contributed by atoms with Gasteiger partial charge in [0.1, 0.15) is 17.1 Å². The lowest BCUT2D eigenvalue weighted by Crippen LogP contribution is -2.36. The van der Waals surface area contributed by atoms with Gasteiger partial charge in [0, 0.05) is 5.56 Å². The van der Waals surface area contributed by atoms with Gasteiger partial charge in [-0.15, -0.1) is 0 Å². The molecule has 0 spiro atoms. The Labute approximate surface area is 126 Å². The molecule has 1 atom stereocenters. The van der Waals surface area contributed by atoms with Crippen LogP contribution in [0.15, 0.2) is 47.1 Å². The summed E-state index contributed by atoms with van der Waals surface area (Å²) in [5.41, 5.74) is 2.86. The van der Waals surface area contributed by atoms with Crippen molar-refractivity contribution in [2.24, 2.45) is 0 Å². The van der Waals surface area contributed by atoms with E-state index in [4.69, 9.17) is 9.15 Å². The molecule has 1 amide bonds. The first-order valence-electron chi connectivity index (χ1n) is 6.91. The van der Waals surface area contributed by atoms with E-state index in [0.29, 0.717) is 16.9 Å². The topological polar surface area (TPSA) is 71.7 Å². The lowest BCUT2D eigenvalue weighted by atomic mass is 10.0. The molecule has 0 saturated heterocycles. The zero-order chi connectivity index (χ0) is 15.3. The smallest absolute Gasteiger partial charge is 0.258 e. The van der Waals surface area contributed by atoms with Gasteiger partial charge in [0.25, 0.3) is 5.91 Å². The van der Waals surface area contributed by atoms with Crippen molar-refractivity contribution >= 4 is 16.9 Å². The summed E-state index contributed by atoms with van der Waals surface area (Å²) in [4.78, 5) is 12.3. The minimum atomic E-state index is -0.597. The van der Waals surface area contributed by atoms with Crippen molar-refractivity contribution in [1.82, 2.24) is 5.32 Å². The number of furan rings is 1. The number of benzene rings is 2. The average molecular weight is 295 g/mol. The Morgan fingerprint density at radius 3 is 2.68 bits per heavy atom.